The maximum Gasteiger partial charge on any atom is 0.260 e. The zero-order valence-corrected chi connectivity index (χ0v) is 16.8. The van der Waals surface area contributed by atoms with Crippen LogP contribution in [0.4, 0.5) is 0 Å². The summed E-state index contributed by atoms with van der Waals surface area (Å²) in [6.07, 6.45) is 0.500. The molecule has 2 aromatic carbocycles. The second-order valence-corrected chi connectivity index (χ2v) is 7.78. The van der Waals surface area contributed by atoms with Gasteiger partial charge in [0.2, 0.25) is 0 Å². The van der Waals surface area contributed by atoms with Gasteiger partial charge in [-0.05, 0) is 53.3 Å². The topological polar surface area (TPSA) is 102 Å². The minimum Gasteiger partial charge on any atom is -0.506 e. The van der Waals surface area contributed by atoms with Gasteiger partial charge in [-0.2, -0.15) is 0 Å². The van der Waals surface area contributed by atoms with Crippen LogP contribution in [-0.4, -0.2) is 34.3 Å². The van der Waals surface area contributed by atoms with Crippen molar-refractivity contribution in [1.82, 2.24) is 10.3 Å². The number of hydrogen-bond acceptors (Lipinski definition) is 5. The lowest BCUT2D eigenvalue weighted by Gasteiger charge is -2.10. The molecule has 0 fully saturated rings. The first kappa shape index (κ1) is 19.9. The predicted octanol–water partition coefficient (Wildman–Crippen LogP) is 3.74. The highest BCUT2D eigenvalue weighted by molar-refractivity contribution is 7.13. The number of aromatic hydroxyl groups is 1. The highest BCUT2D eigenvalue weighted by Gasteiger charge is 2.15. The summed E-state index contributed by atoms with van der Waals surface area (Å²) in [5.74, 6) is -0.269. The molecule has 6 nitrogen and oxygen atoms in total. The van der Waals surface area contributed by atoms with E-state index in [4.69, 9.17) is 5.11 Å². The normalized spacial score (nSPS) is 11.0. The Bertz CT molecular complexity index is 1260. The number of aliphatic hydroxyl groups excluding tert-OH is 1. The second kappa shape index (κ2) is 8.52. The maximum absolute atomic E-state index is 12.5. The van der Waals surface area contributed by atoms with Crippen LogP contribution < -0.4 is 10.9 Å². The van der Waals surface area contributed by atoms with E-state index in [1.807, 2.05) is 23.6 Å². The molecule has 0 saturated heterocycles. The number of carbonyl (C=O) groups is 1. The Morgan fingerprint density at radius 2 is 1.90 bits per heavy atom. The molecule has 152 valence electrons. The van der Waals surface area contributed by atoms with Crippen molar-refractivity contribution in [3.8, 4) is 27.3 Å². The van der Waals surface area contributed by atoms with E-state index in [2.05, 4.69) is 10.3 Å². The van der Waals surface area contributed by atoms with Crippen molar-refractivity contribution >= 4 is 28.1 Å². The van der Waals surface area contributed by atoms with E-state index in [-0.39, 0.29) is 29.4 Å². The van der Waals surface area contributed by atoms with Crippen LogP contribution in [0, 0.1) is 0 Å². The summed E-state index contributed by atoms with van der Waals surface area (Å²) in [6, 6.07) is 16.2. The first-order valence-corrected chi connectivity index (χ1v) is 10.4. The number of nitrogens with one attached hydrogen (secondary N) is 2. The molecule has 2 aromatic heterocycles. The summed E-state index contributed by atoms with van der Waals surface area (Å²) in [4.78, 5) is 28.3. The van der Waals surface area contributed by atoms with E-state index < -0.39 is 0 Å². The van der Waals surface area contributed by atoms with Gasteiger partial charge >= 0.3 is 0 Å². The maximum atomic E-state index is 12.5. The number of fused-ring (bicyclic) bond motifs is 1. The van der Waals surface area contributed by atoms with Crippen LogP contribution in [0.3, 0.4) is 0 Å². The Kier molecular flexibility index (Phi) is 5.65. The van der Waals surface area contributed by atoms with Gasteiger partial charge < -0.3 is 20.5 Å². The molecular formula is C23H20N2O4S. The largest absolute Gasteiger partial charge is 0.506 e. The molecule has 0 bridgehead atoms. The van der Waals surface area contributed by atoms with Crippen LogP contribution >= 0.6 is 11.3 Å². The molecule has 0 aliphatic carbocycles. The molecule has 0 saturated carbocycles. The van der Waals surface area contributed by atoms with E-state index >= 15 is 0 Å². The number of benzene rings is 2. The van der Waals surface area contributed by atoms with Gasteiger partial charge in [0.05, 0.1) is 11.1 Å². The number of pyridine rings is 1. The van der Waals surface area contributed by atoms with Crippen molar-refractivity contribution in [3.63, 3.8) is 0 Å². The lowest BCUT2D eigenvalue weighted by molar-refractivity contribution is 0.0951. The quantitative estimate of drug-likeness (QED) is 0.357. The van der Waals surface area contributed by atoms with Crippen molar-refractivity contribution in [3.05, 3.63) is 75.9 Å². The van der Waals surface area contributed by atoms with Crippen LogP contribution in [0.2, 0.25) is 0 Å². The number of hydrogen-bond donors (Lipinski definition) is 4. The van der Waals surface area contributed by atoms with Crippen molar-refractivity contribution in [1.29, 1.82) is 0 Å². The summed E-state index contributed by atoms with van der Waals surface area (Å²) < 4.78 is 0. The van der Waals surface area contributed by atoms with Gasteiger partial charge in [0.25, 0.3) is 11.5 Å². The van der Waals surface area contributed by atoms with Gasteiger partial charge in [-0.25, -0.2) is 0 Å². The van der Waals surface area contributed by atoms with Crippen molar-refractivity contribution in [2.24, 2.45) is 0 Å². The zero-order valence-electron chi connectivity index (χ0n) is 16.0. The first-order valence-electron chi connectivity index (χ1n) is 9.51. The van der Waals surface area contributed by atoms with E-state index in [9.17, 15) is 14.7 Å². The molecule has 0 atom stereocenters. The fraction of sp³-hybridized carbons (Fsp3) is 0.130. The van der Waals surface area contributed by atoms with Gasteiger partial charge in [0.1, 0.15) is 5.75 Å². The lowest BCUT2D eigenvalue weighted by Crippen LogP contribution is -2.24. The summed E-state index contributed by atoms with van der Waals surface area (Å²) >= 11 is 1.39. The Balaban J connectivity index is 1.75. The average molecular weight is 420 g/mol. The standard InChI is InChI=1S/C23H20N2O4S/c26-10-3-9-24-22(28)16-5-1-4-14(12-16)15-7-8-18-17(13-15)21(27)20(23(29)25-18)19-6-2-11-30-19/h1-2,4-8,11-13,26H,3,9-10H2,(H,24,28)(H2,25,27,29). The van der Waals surface area contributed by atoms with Gasteiger partial charge in [0.15, 0.2) is 0 Å². The van der Waals surface area contributed by atoms with Crippen molar-refractivity contribution in [2.75, 3.05) is 13.2 Å². The lowest BCUT2D eigenvalue weighted by atomic mass is 9.99. The SMILES string of the molecule is O=C(NCCCO)c1cccc(-c2ccc3[nH]c(=O)c(-c4cccs4)c(O)c3c2)c1. The molecule has 30 heavy (non-hydrogen) atoms. The third-order valence-electron chi connectivity index (χ3n) is 4.83. The Labute approximate surface area is 176 Å². The van der Waals surface area contributed by atoms with Gasteiger partial charge in [-0.1, -0.05) is 24.3 Å². The van der Waals surface area contributed by atoms with Gasteiger partial charge in [0, 0.05) is 29.0 Å². The molecule has 7 heteroatoms. The molecule has 0 aliphatic rings. The Hall–Kier alpha value is -3.42. The molecule has 4 rings (SSSR count). The second-order valence-electron chi connectivity index (χ2n) is 6.83. The van der Waals surface area contributed by atoms with Crippen LogP contribution in [0.15, 0.2) is 64.8 Å². The summed E-state index contributed by atoms with van der Waals surface area (Å²) in [6.45, 7) is 0.429. The fourth-order valence-electron chi connectivity index (χ4n) is 3.33. The van der Waals surface area contributed by atoms with Crippen LogP contribution in [0.5, 0.6) is 5.75 Å². The minimum absolute atomic E-state index is 0.0243. The third kappa shape index (κ3) is 3.85. The molecule has 1 amide bonds. The summed E-state index contributed by atoms with van der Waals surface area (Å²) in [5, 5.41) is 24.9. The molecule has 4 N–H and O–H groups in total. The van der Waals surface area contributed by atoms with Crippen LogP contribution in [0.25, 0.3) is 32.5 Å². The number of aliphatic hydroxyl groups is 1. The number of carbonyl (C=O) groups excluding carboxylic acids is 1. The number of thiophene rings is 1. The van der Waals surface area contributed by atoms with Crippen molar-refractivity contribution < 1.29 is 15.0 Å². The van der Waals surface area contributed by atoms with Gasteiger partial charge in [-0.15, -0.1) is 11.3 Å². The number of aromatic amines is 1. The summed E-state index contributed by atoms with van der Waals surface area (Å²) in [5.41, 5.74) is 2.60. The summed E-state index contributed by atoms with van der Waals surface area (Å²) in [7, 11) is 0. The van der Waals surface area contributed by atoms with Crippen LogP contribution in [-0.2, 0) is 0 Å². The van der Waals surface area contributed by atoms with Crippen LogP contribution in [0.1, 0.15) is 16.8 Å². The van der Waals surface area contributed by atoms with Crippen molar-refractivity contribution in [2.45, 2.75) is 6.42 Å². The van der Waals surface area contributed by atoms with E-state index in [0.717, 1.165) is 11.1 Å². The smallest absolute Gasteiger partial charge is 0.260 e. The van der Waals surface area contributed by atoms with E-state index in [0.29, 0.717) is 34.3 Å². The number of aromatic nitrogens is 1. The Morgan fingerprint density at radius 1 is 1.07 bits per heavy atom. The fourth-order valence-corrected chi connectivity index (χ4v) is 4.10. The number of H-pyrrole nitrogens is 1. The van der Waals surface area contributed by atoms with E-state index in [1.54, 1.807) is 36.4 Å². The van der Waals surface area contributed by atoms with E-state index in [1.165, 1.54) is 11.3 Å². The average Bonchev–Trinajstić information content (AvgIpc) is 3.28. The Morgan fingerprint density at radius 3 is 2.67 bits per heavy atom. The minimum atomic E-state index is -0.336. The number of rotatable bonds is 6. The molecule has 0 aliphatic heterocycles. The monoisotopic (exact) mass is 420 g/mol. The predicted molar refractivity (Wildman–Crippen MR) is 119 cm³/mol. The zero-order chi connectivity index (χ0) is 21.1. The third-order valence-corrected chi connectivity index (χ3v) is 5.72. The number of amides is 1. The highest BCUT2D eigenvalue weighted by atomic mass is 32.1. The molecule has 2 heterocycles. The molecule has 0 unspecified atom stereocenters. The van der Waals surface area contributed by atoms with Gasteiger partial charge in [-0.3, -0.25) is 9.59 Å². The first-order chi connectivity index (χ1) is 14.6. The molecule has 0 spiro atoms. The highest BCUT2D eigenvalue weighted by Crippen LogP contribution is 2.36. The molecule has 0 radical (unpaired) electrons. The molecule has 4 aromatic rings. The molecular weight excluding hydrogens is 400 g/mol.